The smallest absolute Gasteiger partial charge is 0.0543 e. The molecule has 0 amide bonds. The van der Waals surface area contributed by atoms with E-state index < -0.39 is 0 Å². The van der Waals surface area contributed by atoms with Crippen LogP contribution in [0.5, 0.6) is 0 Å². The molecule has 0 aliphatic heterocycles. The van der Waals surface area contributed by atoms with Crippen LogP contribution in [0.15, 0.2) is 211 Å². The topological polar surface area (TPSA) is 6.48 Å². The van der Waals surface area contributed by atoms with Gasteiger partial charge in [0, 0.05) is 39.1 Å². The van der Waals surface area contributed by atoms with Crippen molar-refractivity contribution in [2.75, 3.05) is 9.80 Å². The predicted octanol–water partition coefficient (Wildman–Crippen LogP) is 19.3. The zero-order valence-corrected chi connectivity index (χ0v) is 40.1. The van der Waals surface area contributed by atoms with Crippen LogP contribution in [0.1, 0.15) is 105 Å². The summed E-state index contributed by atoms with van der Waals surface area (Å²) >= 11 is 0. The molecule has 12 rings (SSSR count). The minimum atomic E-state index is 0.495. The molecule has 0 bridgehead atoms. The highest BCUT2D eigenvalue weighted by atomic mass is 15.2. The van der Waals surface area contributed by atoms with Gasteiger partial charge in [-0.2, -0.15) is 0 Å². The first-order valence-electron chi connectivity index (χ1n) is 25.6. The van der Waals surface area contributed by atoms with Gasteiger partial charge < -0.3 is 9.80 Å². The van der Waals surface area contributed by atoms with Gasteiger partial charge in [0.15, 0.2) is 0 Å². The first kappa shape index (κ1) is 42.9. The van der Waals surface area contributed by atoms with Crippen LogP contribution in [0, 0.1) is 6.92 Å². The van der Waals surface area contributed by atoms with E-state index in [1.165, 1.54) is 158 Å². The maximum atomic E-state index is 3.66. The Morgan fingerprint density at radius 3 is 1.43 bits per heavy atom. The van der Waals surface area contributed by atoms with Gasteiger partial charge in [0.2, 0.25) is 0 Å². The molecule has 9 aromatic carbocycles. The SMILES string of the molecule is CC1=CC(c2ccccc2)=C=CC=C1N(c1ccccc1)c1cc(C2CCCCC2)c2ccc3c(N(c4ccccc4)c4ccc(-c5ccccc5)cc4C)cc(C4CCCCC4)c4ccc1c2c43. The molecule has 0 N–H and O–H groups in total. The van der Waals surface area contributed by atoms with Crippen molar-refractivity contribution in [3.8, 4) is 11.1 Å². The van der Waals surface area contributed by atoms with Crippen molar-refractivity contribution in [2.24, 2.45) is 0 Å². The molecule has 2 fully saturated rings. The lowest BCUT2D eigenvalue weighted by atomic mass is 9.77. The molecule has 0 heterocycles. The van der Waals surface area contributed by atoms with E-state index in [-0.39, 0.29) is 0 Å². The van der Waals surface area contributed by atoms with E-state index in [0.29, 0.717) is 11.8 Å². The molecule has 2 nitrogen and oxygen atoms in total. The van der Waals surface area contributed by atoms with Gasteiger partial charge >= 0.3 is 0 Å². The second kappa shape index (κ2) is 18.6. The van der Waals surface area contributed by atoms with E-state index in [2.05, 4.69) is 224 Å². The number of hydrogen-bond acceptors (Lipinski definition) is 2. The number of para-hydroxylation sites is 2. The Hall–Kier alpha value is -7.38. The average molecular weight is 893 g/mol. The van der Waals surface area contributed by atoms with E-state index in [4.69, 9.17) is 0 Å². The monoisotopic (exact) mass is 892 g/mol. The first-order valence-corrected chi connectivity index (χ1v) is 25.6. The van der Waals surface area contributed by atoms with Crippen LogP contribution in [0.4, 0.5) is 28.4 Å². The summed E-state index contributed by atoms with van der Waals surface area (Å²) in [5, 5.41) is 8.26. The van der Waals surface area contributed by atoms with E-state index in [1.54, 1.807) is 0 Å². The number of allylic oxidation sites excluding steroid dienone is 4. The van der Waals surface area contributed by atoms with Crippen LogP contribution in [-0.4, -0.2) is 0 Å². The highest BCUT2D eigenvalue weighted by Crippen LogP contribution is 2.53. The maximum absolute atomic E-state index is 3.66. The normalized spacial score (nSPS) is 15.8. The molecular formula is C67H60N2. The summed E-state index contributed by atoms with van der Waals surface area (Å²) in [6.07, 6.45) is 19.4. The Balaban J connectivity index is 1.15. The summed E-state index contributed by atoms with van der Waals surface area (Å²) in [4.78, 5) is 5.14. The summed E-state index contributed by atoms with van der Waals surface area (Å²) in [6, 6.07) is 66.0. The zero-order chi connectivity index (χ0) is 46.3. The Morgan fingerprint density at radius 2 is 0.899 bits per heavy atom. The fourth-order valence-corrected chi connectivity index (χ4v) is 12.3. The Labute approximate surface area is 408 Å². The second-order valence-electron chi connectivity index (χ2n) is 19.9. The summed E-state index contributed by atoms with van der Waals surface area (Å²) in [5.74, 6) is 0.996. The highest BCUT2D eigenvalue weighted by molar-refractivity contribution is 6.29. The number of aryl methyl sites for hydroxylation is 1. The van der Waals surface area contributed by atoms with E-state index >= 15 is 0 Å². The lowest BCUT2D eigenvalue weighted by Crippen LogP contribution is -2.19. The van der Waals surface area contributed by atoms with Crippen LogP contribution < -0.4 is 9.80 Å². The summed E-state index contributed by atoms with van der Waals surface area (Å²) in [7, 11) is 0. The zero-order valence-electron chi connectivity index (χ0n) is 40.1. The van der Waals surface area contributed by atoms with Gasteiger partial charge in [-0.25, -0.2) is 0 Å². The molecule has 0 radical (unpaired) electrons. The van der Waals surface area contributed by atoms with Crippen LogP contribution in [-0.2, 0) is 0 Å². The van der Waals surface area contributed by atoms with Gasteiger partial charge in [0.05, 0.1) is 11.4 Å². The van der Waals surface area contributed by atoms with Crippen molar-refractivity contribution < 1.29 is 0 Å². The fourth-order valence-electron chi connectivity index (χ4n) is 12.3. The maximum Gasteiger partial charge on any atom is 0.0543 e. The molecule has 0 unspecified atom stereocenters. The Morgan fingerprint density at radius 1 is 0.420 bits per heavy atom. The first-order chi connectivity index (χ1) is 34.1. The summed E-state index contributed by atoms with van der Waals surface area (Å²) in [5.41, 5.74) is 21.1. The van der Waals surface area contributed by atoms with Gasteiger partial charge in [0.25, 0.3) is 0 Å². The molecule has 2 saturated carbocycles. The molecule has 0 saturated heterocycles. The molecule has 0 spiro atoms. The third-order valence-corrected chi connectivity index (χ3v) is 15.6. The van der Waals surface area contributed by atoms with Gasteiger partial charge in [-0.15, -0.1) is 5.73 Å². The largest absolute Gasteiger partial charge is 0.310 e. The lowest BCUT2D eigenvalue weighted by Gasteiger charge is -2.34. The van der Waals surface area contributed by atoms with Crippen LogP contribution in [0.3, 0.4) is 0 Å². The van der Waals surface area contributed by atoms with Crippen molar-refractivity contribution in [3.63, 3.8) is 0 Å². The second-order valence-corrected chi connectivity index (χ2v) is 19.9. The van der Waals surface area contributed by atoms with Gasteiger partial charge in [-0.05, 0) is 179 Å². The number of hydrogen-bond donors (Lipinski definition) is 0. The van der Waals surface area contributed by atoms with Crippen LogP contribution in [0.2, 0.25) is 0 Å². The molecule has 0 atom stereocenters. The summed E-state index contributed by atoms with van der Waals surface area (Å²) in [6.45, 7) is 4.57. The minimum Gasteiger partial charge on any atom is -0.310 e. The van der Waals surface area contributed by atoms with Gasteiger partial charge in [-0.1, -0.05) is 166 Å². The van der Waals surface area contributed by atoms with Crippen molar-refractivity contribution in [1.29, 1.82) is 0 Å². The fraction of sp³-hybridized carbons (Fsp3) is 0.209. The molecule has 3 aliphatic rings. The molecule has 2 heteroatoms. The minimum absolute atomic E-state index is 0.495. The number of rotatable bonds is 10. The number of benzene rings is 9. The molecule has 9 aromatic rings. The van der Waals surface area contributed by atoms with E-state index in [1.807, 2.05) is 0 Å². The third kappa shape index (κ3) is 7.97. The summed E-state index contributed by atoms with van der Waals surface area (Å²) < 4.78 is 0. The average Bonchev–Trinajstić information content (AvgIpc) is 3.61. The van der Waals surface area contributed by atoms with E-state index in [0.717, 1.165) is 17.0 Å². The number of anilines is 5. The standard InChI is InChI=1S/C67H60N2/c1-46-42-52(48-22-9-3-10-23-48)30-21-35-62(46)68(54-31-17-7-18-32-54)64-44-60(50-26-13-5-14-27-50)56-38-40-59-65(45-61(51-28-15-6-16-29-51)57-37-39-58(64)66(56)67(57)59)69(55-33-19-8-20-34-55)63-41-36-53(43-47(63)2)49-24-11-4-12-25-49/h3-4,7-12,17-25,31-45,50-51H,5-6,13-16,26-29H2,1-2H3. The molecule has 69 heavy (non-hydrogen) atoms. The molecule has 3 aliphatic carbocycles. The van der Waals surface area contributed by atoms with Crippen molar-refractivity contribution in [2.45, 2.75) is 89.9 Å². The molecule has 0 aromatic heterocycles. The predicted molar refractivity (Wildman–Crippen MR) is 295 cm³/mol. The molecule has 338 valence electrons. The third-order valence-electron chi connectivity index (χ3n) is 15.6. The van der Waals surface area contributed by atoms with Crippen molar-refractivity contribution in [3.05, 3.63) is 233 Å². The van der Waals surface area contributed by atoms with Crippen LogP contribution >= 0.6 is 0 Å². The Kier molecular flexibility index (Phi) is 11.6. The van der Waals surface area contributed by atoms with Gasteiger partial charge in [0.1, 0.15) is 0 Å². The van der Waals surface area contributed by atoms with Gasteiger partial charge in [-0.3, -0.25) is 0 Å². The Bertz CT molecular complexity index is 3430. The van der Waals surface area contributed by atoms with Crippen molar-refractivity contribution >= 4 is 66.3 Å². The van der Waals surface area contributed by atoms with E-state index in [9.17, 15) is 0 Å². The van der Waals surface area contributed by atoms with Crippen molar-refractivity contribution in [1.82, 2.24) is 0 Å². The number of nitrogens with zero attached hydrogens (tertiary/aromatic N) is 2. The lowest BCUT2D eigenvalue weighted by molar-refractivity contribution is 0.445. The molecular weight excluding hydrogens is 833 g/mol. The van der Waals surface area contributed by atoms with Crippen LogP contribution in [0.25, 0.3) is 49.0 Å². The quantitative estimate of drug-likeness (QED) is 0.0997. The highest BCUT2D eigenvalue weighted by Gasteiger charge is 2.30.